The Kier molecular flexibility index (Phi) is 4.02. The lowest BCUT2D eigenvalue weighted by Crippen LogP contribution is -2.17. The summed E-state index contributed by atoms with van der Waals surface area (Å²) in [5.41, 5.74) is 0. The molecule has 64 valence electrons. The topological polar surface area (TPSA) is 93.1 Å². The summed E-state index contributed by atoms with van der Waals surface area (Å²) < 4.78 is 48.6. The van der Waals surface area contributed by atoms with Crippen LogP contribution in [0.3, 0.4) is 0 Å². The van der Waals surface area contributed by atoms with Crippen LogP contribution < -0.4 is 0 Å². The van der Waals surface area contributed by atoms with Crippen molar-refractivity contribution in [1.82, 2.24) is 0 Å². The van der Waals surface area contributed by atoms with Crippen LogP contribution in [0.2, 0.25) is 0 Å². The molecule has 0 radical (unpaired) electrons. The minimum absolute atomic E-state index is 2.91. The van der Waals surface area contributed by atoms with Crippen LogP contribution in [0.1, 0.15) is 0 Å². The highest BCUT2D eigenvalue weighted by Crippen LogP contribution is 2.36. The molecule has 0 amide bonds. The second kappa shape index (κ2) is 4.06. The quantitative estimate of drug-likeness (QED) is 0.528. The molecule has 0 aromatic rings. The van der Waals surface area contributed by atoms with Gasteiger partial charge in [0.2, 0.25) is 0 Å². The van der Waals surface area contributed by atoms with Crippen LogP contribution in [-0.2, 0) is 18.2 Å². The van der Waals surface area contributed by atoms with Crippen molar-refractivity contribution in [2.45, 2.75) is 6.29 Å². The molecule has 0 heterocycles. The van der Waals surface area contributed by atoms with Crippen LogP contribution >= 0.6 is 16.5 Å². The lowest BCUT2D eigenvalue weighted by Gasteiger charge is -1.95. The Hall–Kier alpha value is -0.100. The van der Waals surface area contributed by atoms with Gasteiger partial charge in [0.05, 0.1) is 0 Å². The molecule has 0 fully saturated rings. The van der Waals surface area contributed by atoms with Crippen molar-refractivity contribution >= 4 is 16.5 Å². The van der Waals surface area contributed by atoms with E-state index in [9.17, 15) is 17.9 Å². The maximum atomic E-state index is 11.8. The highest BCUT2D eigenvalue weighted by molar-refractivity contribution is 7.32. The fourth-order valence-electron chi connectivity index (χ4n) is 0.198. The fraction of sp³-hybridized carbons (Fsp3) is 1.00. The summed E-state index contributed by atoms with van der Waals surface area (Å²) in [6, 6.07) is 0. The average Bonchev–Trinajstić information content (AvgIpc) is 1.53. The molecule has 0 aliphatic heterocycles. The number of alkyl halides is 2. The Labute approximate surface area is 60.6 Å². The van der Waals surface area contributed by atoms with Crippen molar-refractivity contribution in [2.75, 3.05) is 0 Å². The predicted molar refractivity (Wildman–Crippen MR) is 26.8 cm³/mol. The fourth-order valence-corrected chi connectivity index (χ4v) is 0.695. The first-order chi connectivity index (χ1) is 4.83. The lowest BCUT2D eigenvalue weighted by molar-refractivity contribution is -0.309. The normalized spacial score (nSPS) is 14.5. The molecule has 2 N–H and O–H groups in total. The first-order valence-corrected chi connectivity index (χ1v) is 4.18. The minimum atomic E-state index is -4.52. The van der Waals surface area contributed by atoms with Crippen LogP contribution in [0.25, 0.3) is 0 Å². The van der Waals surface area contributed by atoms with Crippen LogP contribution in [0.5, 0.6) is 0 Å². The second-order valence-corrected chi connectivity index (χ2v) is 2.44. The van der Waals surface area contributed by atoms with E-state index in [2.05, 4.69) is 9.05 Å². The van der Waals surface area contributed by atoms with E-state index < -0.39 is 22.8 Å². The molecule has 0 aromatic carbocycles. The highest BCUT2D eigenvalue weighted by Gasteiger charge is 2.51. The zero-order valence-corrected chi connectivity index (χ0v) is 6.47. The number of halogens is 2. The van der Waals surface area contributed by atoms with Gasteiger partial charge < -0.3 is 0 Å². The molecule has 10 heteroatoms. The van der Waals surface area contributed by atoms with Gasteiger partial charge in [-0.2, -0.15) is 0 Å². The largest absolute Gasteiger partial charge is 0.703 e. The summed E-state index contributed by atoms with van der Waals surface area (Å²) in [6.07, 6.45) is -4.52. The Morgan fingerprint density at radius 1 is 1.09 bits per heavy atom. The summed E-state index contributed by atoms with van der Waals surface area (Å²) in [4.78, 5) is 15.5. The van der Waals surface area contributed by atoms with Gasteiger partial charge in [0.1, 0.15) is 0 Å². The van der Waals surface area contributed by atoms with Gasteiger partial charge in [-0.05, 0) is 9.05 Å². The molecule has 0 bridgehead atoms. The van der Waals surface area contributed by atoms with E-state index in [0.29, 0.717) is 0 Å². The van der Waals surface area contributed by atoms with Gasteiger partial charge in [-0.25, -0.2) is 0 Å². The number of hydrogen-bond donors (Lipinski definition) is 2. The maximum Gasteiger partial charge on any atom is 0.703 e. The molecule has 6 nitrogen and oxygen atoms in total. The van der Waals surface area contributed by atoms with E-state index in [4.69, 9.17) is 9.79 Å². The standard InChI is InChI=1S/CF2O6P2/c2-1(3,8-10(4)5)9-11(6)7/p+2. The van der Waals surface area contributed by atoms with Crippen molar-refractivity contribution in [3.05, 3.63) is 0 Å². The zero-order chi connectivity index (χ0) is 9.07. The molecule has 2 atom stereocenters. The molecule has 0 saturated carbocycles. The molecule has 0 aliphatic rings. The third-order valence-electron chi connectivity index (χ3n) is 0.369. The molecule has 0 spiro atoms. The highest BCUT2D eigenvalue weighted by atomic mass is 31.1. The summed E-state index contributed by atoms with van der Waals surface area (Å²) in [7, 11) is -7.17. The minimum Gasteiger partial charge on any atom is -0.142 e. The zero-order valence-electron chi connectivity index (χ0n) is 4.68. The first kappa shape index (κ1) is 10.9. The van der Waals surface area contributed by atoms with Crippen molar-refractivity contribution in [3.63, 3.8) is 0 Å². The van der Waals surface area contributed by atoms with E-state index >= 15 is 0 Å². The van der Waals surface area contributed by atoms with Crippen LogP contribution in [0.15, 0.2) is 0 Å². The van der Waals surface area contributed by atoms with Gasteiger partial charge in [0.15, 0.2) is 0 Å². The van der Waals surface area contributed by atoms with E-state index in [1.807, 2.05) is 0 Å². The van der Waals surface area contributed by atoms with Gasteiger partial charge in [0.25, 0.3) is 0 Å². The maximum absolute atomic E-state index is 11.8. The third-order valence-corrected chi connectivity index (χ3v) is 1.11. The first-order valence-electron chi connectivity index (χ1n) is 1.92. The molecule has 0 aliphatic carbocycles. The lowest BCUT2D eigenvalue weighted by atomic mass is 11.3. The summed E-state index contributed by atoms with van der Waals surface area (Å²) in [5, 5.41) is 0. The van der Waals surface area contributed by atoms with Gasteiger partial charge in [0, 0.05) is 9.13 Å². The third kappa shape index (κ3) is 6.30. The van der Waals surface area contributed by atoms with Gasteiger partial charge in [-0.3, -0.25) is 0 Å². The van der Waals surface area contributed by atoms with Crippen LogP contribution in [0.4, 0.5) is 8.78 Å². The SMILES string of the molecule is O=[P+](O)OC(F)(F)O[P+](=O)O. The molecular weight excluding hydrogens is 208 g/mol. The molecule has 0 saturated heterocycles. The number of rotatable bonds is 4. The van der Waals surface area contributed by atoms with Crippen LogP contribution in [-0.4, -0.2) is 16.1 Å². The Morgan fingerprint density at radius 3 is 1.55 bits per heavy atom. The van der Waals surface area contributed by atoms with Gasteiger partial charge in [-0.1, -0.05) is 0 Å². The smallest absolute Gasteiger partial charge is 0.142 e. The van der Waals surface area contributed by atoms with E-state index in [1.165, 1.54) is 0 Å². The Bertz CT molecular complexity index is 161. The van der Waals surface area contributed by atoms with E-state index in [1.54, 1.807) is 0 Å². The van der Waals surface area contributed by atoms with Crippen molar-refractivity contribution in [2.24, 2.45) is 0 Å². The predicted octanol–water partition coefficient (Wildman–Crippen LogP) is 0.869. The van der Waals surface area contributed by atoms with Crippen molar-refractivity contribution < 1.29 is 36.7 Å². The monoisotopic (exact) mass is 210 g/mol. The molecule has 0 rings (SSSR count). The van der Waals surface area contributed by atoms with Crippen LogP contribution in [0, 0.1) is 0 Å². The Balaban J connectivity index is 3.99. The molecule has 11 heavy (non-hydrogen) atoms. The number of hydrogen-bond acceptors (Lipinski definition) is 4. The summed E-state index contributed by atoms with van der Waals surface area (Å²) >= 11 is 0. The van der Waals surface area contributed by atoms with E-state index in [0.717, 1.165) is 0 Å². The molecule has 2 unspecified atom stereocenters. The average molecular weight is 210 g/mol. The second-order valence-electron chi connectivity index (χ2n) is 1.12. The van der Waals surface area contributed by atoms with Gasteiger partial charge in [-0.15, -0.1) is 18.6 Å². The molecule has 0 aromatic heterocycles. The van der Waals surface area contributed by atoms with E-state index in [-0.39, 0.29) is 0 Å². The summed E-state index contributed by atoms with van der Waals surface area (Å²) in [6.45, 7) is 0. The van der Waals surface area contributed by atoms with Crippen molar-refractivity contribution in [1.29, 1.82) is 0 Å². The molecular formula is CH2F2O6P2+2. The summed E-state index contributed by atoms with van der Waals surface area (Å²) in [5.74, 6) is 0. The van der Waals surface area contributed by atoms with Gasteiger partial charge >= 0.3 is 22.8 Å². The Morgan fingerprint density at radius 2 is 1.36 bits per heavy atom. The van der Waals surface area contributed by atoms with Crippen molar-refractivity contribution in [3.8, 4) is 0 Å².